The summed E-state index contributed by atoms with van der Waals surface area (Å²) in [6, 6.07) is 0. The molecule has 0 bridgehead atoms. The summed E-state index contributed by atoms with van der Waals surface area (Å²) in [6.07, 6.45) is -1.59. The summed E-state index contributed by atoms with van der Waals surface area (Å²) in [5.41, 5.74) is -0.504. The molecule has 0 aliphatic rings. The minimum Gasteiger partial charge on any atom is -0.495 e. The van der Waals surface area contributed by atoms with E-state index in [1.165, 1.54) is 13.3 Å². The zero-order valence-electron chi connectivity index (χ0n) is 7.30. The van der Waals surface area contributed by atoms with Gasteiger partial charge in [0.1, 0.15) is 10.9 Å². The number of halogens is 3. The minimum absolute atomic E-state index is 0.0255. The number of aliphatic hydroxyl groups excluding tert-OH is 1. The Morgan fingerprint density at radius 1 is 1.64 bits per heavy atom. The molecule has 0 amide bonds. The molecule has 1 aromatic rings. The number of hydrogen-bond donors (Lipinski definition) is 1. The second kappa shape index (κ2) is 4.52. The van der Waals surface area contributed by atoms with Crippen molar-refractivity contribution in [1.82, 2.24) is 4.98 Å². The molecule has 14 heavy (non-hydrogen) atoms. The predicted octanol–water partition coefficient (Wildman–Crippen LogP) is 2.17. The van der Waals surface area contributed by atoms with Crippen molar-refractivity contribution >= 4 is 11.6 Å². The summed E-state index contributed by atoms with van der Waals surface area (Å²) in [5, 5.41) is 8.59. The summed E-state index contributed by atoms with van der Waals surface area (Å²) < 4.78 is 29.8. The molecule has 0 aliphatic heterocycles. The molecule has 3 nitrogen and oxygen atoms in total. The number of nitrogens with zero attached hydrogens (tertiary/aromatic N) is 1. The minimum atomic E-state index is -2.78. The lowest BCUT2D eigenvalue weighted by Gasteiger charge is -2.11. The highest BCUT2D eigenvalue weighted by Crippen LogP contribution is 2.33. The van der Waals surface area contributed by atoms with Gasteiger partial charge in [0.05, 0.1) is 25.5 Å². The van der Waals surface area contributed by atoms with E-state index in [1.54, 1.807) is 0 Å². The Balaban J connectivity index is 3.35. The highest BCUT2D eigenvalue weighted by molar-refractivity contribution is 6.30. The predicted molar refractivity (Wildman–Crippen MR) is 46.7 cm³/mol. The van der Waals surface area contributed by atoms with Crippen molar-refractivity contribution in [2.24, 2.45) is 0 Å². The van der Waals surface area contributed by atoms with Gasteiger partial charge in [0.15, 0.2) is 0 Å². The normalized spacial score (nSPS) is 10.7. The number of pyridine rings is 1. The molecule has 0 radical (unpaired) electrons. The molecule has 0 saturated heterocycles. The second-order valence-electron chi connectivity index (χ2n) is 2.47. The molecule has 0 spiro atoms. The van der Waals surface area contributed by atoms with E-state index >= 15 is 0 Å². The monoisotopic (exact) mass is 223 g/mol. The third-order valence-electron chi connectivity index (χ3n) is 1.74. The van der Waals surface area contributed by atoms with Crippen molar-refractivity contribution in [3.63, 3.8) is 0 Å². The molecule has 1 rings (SSSR count). The molecule has 0 aromatic carbocycles. The average molecular weight is 224 g/mol. The lowest BCUT2D eigenvalue weighted by atomic mass is 10.1. The summed E-state index contributed by atoms with van der Waals surface area (Å²) in [6.45, 7) is -0.564. The Bertz CT molecular complexity index is 333. The quantitative estimate of drug-likeness (QED) is 0.799. The Hall–Kier alpha value is -0.940. The summed E-state index contributed by atoms with van der Waals surface area (Å²) in [5.74, 6) is 0.104. The largest absolute Gasteiger partial charge is 0.495 e. The third-order valence-corrected chi connectivity index (χ3v) is 2.04. The zero-order chi connectivity index (χ0) is 10.7. The fourth-order valence-corrected chi connectivity index (χ4v) is 1.33. The molecule has 0 atom stereocenters. The number of ether oxygens (including phenoxy) is 1. The van der Waals surface area contributed by atoms with Crippen molar-refractivity contribution in [2.45, 2.75) is 13.0 Å². The van der Waals surface area contributed by atoms with Crippen LogP contribution in [0.25, 0.3) is 0 Å². The maximum Gasteiger partial charge on any atom is 0.267 e. The summed E-state index contributed by atoms with van der Waals surface area (Å²) in [4.78, 5) is 3.53. The first-order chi connectivity index (χ1) is 6.61. The Kier molecular flexibility index (Phi) is 3.60. The van der Waals surface area contributed by atoms with E-state index in [0.717, 1.165) is 0 Å². The number of rotatable bonds is 3. The van der Waals surface area contributed by atoms with E-state index in [2.05, 4.69) is 4.98 Å². The maximum atomic E-state index is 12.5. The summed E-state index contributed by atoms with van der Waals surface area (Å²) >= 11 is 5.47. The Morgan fingerprint density at radius 3 is 2.71 bits per heavy atom. The Labute approximate surface area is 84.3 Å². The average Bonchev–Trinajstić information content (AvgIpc) is 2.16. The van der Waals surface area contributed by atoms with E-state index in [9.17, 15) is 8.78 Å². The molecule has 1 heterocycles. The molecule has 0 saturated carbocycles. The van der Waals surface area contributed by atoms with Gasteiger partial charge in [-0.3, -0.25) is 0 Å². The van der Waals surface area contributed by atoms with E-state index < -0.39 is 18.6 Å². The van der Waals surface area contributed by atoms with Gasteiger partial charge in [0.25, 0.3) is 6.43 Å². The number of alkyl halides is 2. The van der Waals surface area contributed by atoms with Gasteiger partial charge in [-0.15, -0.1) is 0 Å². The lowest BCUT2D eigenvalue weighted by Crippen LogP contribution is -2.01. The van der Waals surface area contributed by atoms with Crippen LogP contribution in [-0.4, -0.2) is 17.2 Å². The Morgan fingerprint density at radius 2 is 2.29 bits per heavy atom. The standard InChI is InChI=1S/C8H8ClF2NO2/c1-14-5-2-12-7(9)6(8(10)11)4(5)3-13/h2,8,13H,3H2,1H3. The molecular weight excluding hydrogens is 216 g/mol. The van der Waals surface area contributed by atoms with E-state index in [-0.39, 0.29) is 16.5 Å². The van der Waals surface area contributed by atoms with E-state index in [1.807, 2.05) is 0 Å². The van der Waals surface area contributed by atoms with E-state index in [0.29, 0.717) is 0 Å². The first kappa shape index (κ1) is 11.1. The maximum absolute atomic E-state index is 12.5. The van der Waals surface area contributed by atoms with Crippen LogP contribution in [0.1, 0.15) is 17.6 Å². The van der Waals surface area contributed by atoms with Gasteiger partial charge in [0, 0.05) is 5.56 Å². The molecule has 1 aromatic heterocycles. The first-order valence-electron chi connectivity index (χ1n) is 3.72. The smallest absolute Gasteiger partial charge is 0.267 e. The van der Waals surface area contributed by atoms with Gasteiger partial charge in [-0.2, -0.15) is 0 Å². The highest BCUT2D eigenvalue weighted by atomic mass is 35.5. The molecule has 6 heteroatoms. The number of aromatic nitrogens is 1. The molecule has 0 unspecified atom stereocenters. The molecule has 0 aliphatic carbocycles. The fraction of sp³-hybridized carbons (Fsp3) is 0.375. The SMILES string of the molecule is COc1cnc(Cl)c(C(F)F)c1CO. The van der Waals surface area contributed by atoms with Gasteiger partial charge < -0.3 is 9.84 Å². The molecule has 0 fully saturated rings. The third kappa shape index (κ3) is 1.93. The van der Waals surface area contributed by atoms with Crippen LogP contribution in [0, 0.1) is 0 Å². The second-order valence-corrected chi connectivity index (χ2v) is 2.83. The van der Waals surface area contributed by atoms with Crippen LogP contribution < -0.4 is 4.74 Å². The van der Waals surface area contributed by atoms with E-state index in [4.69, 9.17) is 21.4 Å². The van der Waals surface area contributed by atoms with Crippen LogP contribution >= 0.6 is 11.6 Å². The van der Waals surface area contributed by atoms with Gasteiger partial charge in [-0.25, -0.2) is 13.8 Å². The van der Waals surface area contributed by atoms with Crippen LogP contribution in [0.2, 0.25) is 5.15 Å². The number of hydrogen-bond acceptors (Lipinski definition) is 3. The molecule has 1 N–H and O–H groups in total. The first-order valence-corrected chi connectivity index (χ1v) is 4.09. The van der Waals surface area contributed by atoms with Crippen LogP contribution in [0.4, 0.5) is 8.78 Å². The van der Waals surface area contributed by atoms with Gasteiger partial charge in [-0.1, -0.05) is 11.6 Å². The summed E-state index contributed by atoms with van der Waals surface area (Å²) in [7, 11) is 1.30. The molecule has 78 valence electrons. The fourth-order valence-electron chi connectivity index (χ4n) is 1.08. The van der Waals surface area contributed by atoms with Gasteiger partial charge >= 0.3 is 0 Å². The van der Waals surface area contributed by atoms with Crippen molar-refractivity contribution in [1.29, 1.82) is 0 Å². The van der Waals surface area contributed by atoms with Crippen LogP contribution in [-0.2, 0) is 6.61 Å². The van der Waals surface area contributed by atoms with Crippen molar-refractivity contribution in [2.75, 3.05) is 7.11 Å². The van der Waals surface area contributed by atoms with Crippen molar-refractivity contribution in [3.05, 3.63) is 22.5 Å². The lowest BCUT2D eigenvalue weighted by molar-refractivity contribution is 0.146. The highest BCUT2D eigenvalue weighted by Gasteiger charge is 2.21. The van der Waals surface area contributed by atoms with Gasteiger partial charge in [0.2, 0.25) is 0 Å². The van der Waals surface area contributed by atoms with Crippen molar-refractivity contribution < 1.29 is 18.6 Å². The van der Waals surface area contributed by atoms with Crippen LogP contribution in [0.5, 0.6) is 5.75 Å². The van der Waals surface area contributed by atoms with Crippen LogP contribution in [0.15, 0.2) is 6.20 Å². The van der Waals surface area contributed by atoms with Gasteiger partial charge in [-0.05, 0) is 0 Å². The number of methoxy groups -OCH3 is 1. The van der Waals surface area contributed by atoms with Crippen LogP contribution in [0.3, 0.4) is 0 Å². The zero-order valence-corrected chi connectivity index (χ0v) is 8.05. The molecular formula is C8H8ClF2NO2. The van der Waals surface area contributed by atoms with Crippen molar-refractivity contribution in [3.8, 4) is 5.75 Å². The number of aliphatic hydroxyl groups is 1. The topological polar surface area (TPSA) is 42.4 Å².